The number of pyridine rings is 1. The zero-order valence-electron chi connectivity index (χ0n) is 13.2. The monoisotopic (exact) mass is 305 g/mol. The van der Waals surface area contributed by atoms with Crippen molar-refractivity contribution in [2.45, 2.75) is 20.4 Å². The van der Waals surface area contributed by atoms with Crippen molar-refractivity contribution in [2.24, 2.45) is 0 Å². The lowest BCUT2D eigenvalue weighted by Gasteiger charge is -2.10. The van der Waals surface area contributed by atoms with Gasteiger partial charge in [0.1, 0.15) is 5.82 Å². The molecule has 0 unspecified atom stereocenters. The third-order valence-electron chi connectivity index (χ3n) is 3.47. The van der Waals surface area contributed by atoms with Gasteiger partial charge in [0.15, 0.2) is 0 Å². The lowest BCUT2D eigenvalue weighted by molar-refractivity contribution is 1.02. The summed E-state index contributed by atoms with van der Waals surface area (Å²) < 4.78 is 0. The topological polar surface area (TPSA) is 62.7 Å². The summed E-state index contributed by atoms with van der Waals surface area (Å²) in [6, 6.07) is 14.0. The van der Waals surface area contributed by atoms with Crippen molar-refractivity contribution in [2.75, 3.05) is 10.6 Å². The van der Waals surface area contributed by atoms with Crippen LogP contribution in [0.1, 0.15) is 16.8 Å². The summed E-state index contributed by atoms with van der Waals surface area (Å²) in [5.41, 5.74) is 4.34. The van der Waals surface area contributed by atoms with Crippen LogP contribution in [0.15, 0.2) is 54.9 Å². The fraction of sp³-hybridized carbons (Fsp3) is 0.167. The van der Waals surface area contributed by atoms with Crippen LogP contribution in [-0.2, 0) is 6.54 Å². The molecular weight excluding hydrogens is 286 g/mol. The Bertz CT molecular complexity index is 786. The minimum Gasteiger partial charge on any atom is -0.364 e. The number of hydrogen-bond donors (Lipinski definition) is 2. The highest BCUT2D eigenvalue weighted by Gasteiger charge is 2.03. The van der Waals surface area contributed by atoms with Crippen LogP contribution in [0.3, 0.4) is 0 Å². The summed E-state index contributed by atoms with van der Waals surface area (Å²) in [6.45, 7) is 4.75. The molecule has 5 heteroatoms. The molecule has 116 valence electrons. The summed E-state index contributed by atoms with van der Waals surface area (Å²) in [5, 5.41) is 6.53. The van der Waals surface area contributed by atoms with E-state index in [2.05, 4.69) is 57.6 Å². The summed E-state index contributed by atoms with van der Waals surface area (Å²) >= 11 is 0. The quantitative estimate of drug-likeness (QED) is 0.750. The number of hydrogen-bond acceptors (Lipinski definition) is 5. The van der Waals surface area contributed by atoms with Gasteiger partial charge in [-0.1, -0.05) is 18.2 Å². The number of aryl methyl sites for hydroxylation is 2. The number of anilines is 3. The van der Waals surface area contributed by atoms with E-state index < -0.39 is 0 Å². The van der Waals surface area contributed by atoms with Crippen LogP contribution in [0, 0.1) is 13.8 Å². The molecule has 0 bridgehead atoms. The van der Waals surface area contributed by atoms with Crippen LogP contribution in [0.2, 0.25) is 0 Å². The van der Waals surface area contributed by atoms with Gasteiger partial charge >= 0.3 is 0 Å². The first kappa shape index (κ1) is 15.0. The van der Waals surface area contributed by atoms with E-state index in [0.29, 0.717) is 12.5 Å². The van der Waals surface area contributed by atoms with Crippen LogP contribution >= 0.6 is 0 Å². The summed E-state index contributed by atoms with van der Waals surface area (Å²) in [7, 11) is 0. The minimum absolute atomic E-state index is 0.574. The lowest BCUT2D eigenvalue weighted by Crippen LogP contribution is -2.05. The van der Waals surface area contributed by atoms with Gasteiger partial charge in [-0.25, -0.2) is 4.98 Å². The minimum atomic E-state index is 0.574. The van der Waals surface area contributed by atoms with Gasteiger partial charge in [0.2, 0.25) is 5.95 Å². The first-order chi connectivity index (χ1) is 11.2. The number of nitrogens with zero attached hydrogens (tertiary/aromatic N) is 3. The molecule has 0 aliphatic rings. The fourth-order valence-electron chi connectivity index (χ4n) is 2.19. The predicted octanol–water partition coefficient (Wildman–Crippen LogP) is 3.84. The van der Waals surface area contributed by atoms with Gasteiger partial charge < -0.3 is 10.6 Å². The van der Waals surface area contributed by atoms with Gasteiger partial charge in [0.25, 0.3) is 0 Å². The van der Waals surface area contributed by atoms with Gasteiger partial charge in [-0.3, -0.25) is 4.98 Å². The largest absolute Gasteiger partial charge is 0.364 e. The van der Waals surface area contributed by atoms with Gasteiger partial charge in [-0.2, -0.15) is 4.98 Å². The Morgan fingerprint density at radius 1 is 0.957 bits per heavy atom. The number of benzene rings is 1. The van der Waals surface area contributed by atoms with Crippen molar-refractivity contribution >= 4 is 17.5 Å². The fourth-order valence-corrected chi connectivity index (χ4v) is 2.19. The smallest absolute Gasteiger partial charge is 0.229 e. The summed E-state index contributed by atoms with van der Waals surface area (Å²) in [4.78, 5) is 13.1. The second-order valence-corrected chi connectivity index (χ2v) is 5.38. The second-order valence-electron chi connectivity index (χ2n) is 5.38. The number of aromatic nitrogens is 3. The average Bonchev–Trinajstić information content (AvgIpc) is 2.58. The van der Waals surface area contributed by atoms with Crippen molar-refractivity contribution in [3.8, 4) is 0 Å². The molecule has 2 aromatic heterocycles. The third-order valence-corrected chi connectivity index (χ3v) is 3.47. The first-order valence-electron chi connectivity index (χ1n) is 7.52. The molecule has 5 nitrogen and oxygen atoms in total. The third kappa shape index (κ3) is 4.03. The second kappa shape index (κ2) is 6.87. The zero-order valence-corrected chi connectivity index (χ0v) is 13.2. The molecule has 2 heterocycles. The molecule has 3 aromatic rings. The van der Waals surface area contributed by atoms with E-state index in [-0.39, 0.29) is 0 Å². The van der Waals surface area contributed by atoms with E-state index in [4.69, 9.17) is 0 Å². The van der Waals surface area contributed by atoms with E-state index in [1.807, 2.05) is 24.3 Å². The van der Waals surface area contributed by atoms with Crippen LogP contribution in [0.25, 0.3) is 0 Å². The number of nitrogens with one attached hydrogen (secondary N) is 2. The van der Waals surface area contributed by atoms with Crippen LogP contribution in [0.5, 0.6) is 0 Å². The highest BCUT2D eigenvalue weighted by atomic mass is 15.1. The van der Waals surface area contributed by atoms with Crippen LogP contribution in [0.4, 0.5) is 17.5 Å². The maximum absolute atomic E-state index is 4.49. The molecule has 0 aliphatic carbocycles. The molecule has 0 saturated heterocycles. The molecule has 0 fully saturated rings. The van der Waals surface area contributed by atoms with E-state index in [1.165, 1.54) is 5.56 Å². The molecule has 0 amide bonds. The predicted molar refractivity (Wildman–Crippen MR) is 92.8 cm³/mol. The summed E-state index contributed by atoms with van der Waals surface area (Å²) in [6.07, 6.45) is 3.52. The molecule has 23 heavy (non-hydrogen) atoms. The molecule has 1 aromatic carbocycles. The van der Waals surface area contributed by atoms with Gasteiger partial charge in [0, 0.05) is 18.1 Å². The Kier molecular flexibility index (Phi) is 4.47. The standard InChI is InChI=1S/C18H19N5/c1-13-6-7-14(2)16(11-13)22-18-20-10-8-17(23-18)21-12-15-5-3-4-9-19-15/h3-11H,12H2,1-2H3,(H2,20,21,22,23). The highest BCUT2D eigenvalue weighted by molar-refractivity contribution is 5.60. The van der Waals surface area contributed by atoms with Crippen molar-refractivity contribution in [3.05, 3.63) is 71.7 Å². The Hall–Kier alpha value is -2.95. The Morgan fingerprint density at radius 2 is 1.87 bits per heavy atom. The molecule has 0 atom stereocenters. The van der Waals surface area contributed by atoms with Crippen molar-refractivity contribution in [3.63, 3.8) is 0 Å². The molecule has 2 N–H and O–H groups in total. The van der Waals surface area contributed by atoms with E-state index in [9.17, 15) is 0 Å². The molecule has 3 rings (SSSR count). The Balaban J connectivity index is 1.71. The molecule has 0 radical (unpaired) electrons. The maximum Gasteiger partial charge on any atom is 0.229 e. The molecule has 0 spiro atoms. The van der Waals surface area contributed by atoms with Gasteiger partial charge in [-0.05, 0) is 49.2 Å². The van der Waals surface area contributed by atoms with Crippen LogP contribution in [-0.4, -0.2) is 15.0 Å². The van der Waals surface area contributed by atoms with E-state index >= 15 is 0 Å². The summed E-state index contributed by atoms with van der Waals surface area (Å²) in [5.74, 6) is 1.34. The van der Waals surface area contributed by atoms with Gasteiger partial charge in [-0.15, -0.1) is 0 Å². The highest BCUT2D eigenvalue weighted by Crippen LogP contribution is 2.20. The van der Waals surface area contributed by atoms with Crippen molar-refractivity contribution in [1.29, 1.82) is 0 Å². The first-order valence-corrected chi connectivity index (χ1v) is 7.52. The van der Waals surface area contributed by atoms with Crippen molar-refractivity contribution < 1.29 is 0 Å². The van der Waals surface area contributed by atoms with Gasteiger partial charge in [0.05, 0.1) is 12.2 Å². The van der Waals surface area contributed by atoms with E-state index in [0.717, 1.165) is 22.8 Å². The maximum atomic E-state index is 4.49. The normalized spacial score (nSPS) is 10.3. The van der Waals surface area contributed by atoms with Crippen LogP contribution < -0.4 is 10.6 Å². The SMILES string of the molecule is Cc1ccc(C)c(Nc2nccc(NCc3ccccn3)n2)c1. The van der Waals surface area contributed by atoms with Crippen molar-refractivity contribution in [1.82, 2.24) is 15.0 Å². The number of rotatable bonds is 5. The average molecular weight is 305 g/mol. The van der Waals surface area contributed by atoms with E-state index in [1.54, 1.807) is 12.4 Å². The molecule has 0 aliphatic heterocycles. The Morgan fingerprint density at radius 3 is 2.70 bits per heavy atom. The zero-order chi connectivity index (χ0) is 16.1. The molecule has 0 saturated carbocycles. The Labute approximate surface area is 135 Å². The molecular formula is C18H19N5. The lowest BCUT2D eigenvalue weighted by atomic mass is 10.1.